The molecule has 0 amide bonds. The fourth-order valence-electron chi connectivity index (χ4n) is 1.63. The number of aromatic nitrogens is 1. The summed E-state index contributed by atoms with van der Waals surface area (Å²) in [5.74, 6) is 0. The van der Waals surface area contributed by atoms with Crippen molar-refractivity contribution in [1.29, 1.82) is 0 Å². The Kier molecular flexibility index (Phi) is 3.88. The number of rotatable bonds is 5. The van der Waals surface area contributed by atoms with Gasteiger partial charge in [-0.2, -0.15) is 0 Å². The molecule has 3 N–H and O–H groups in total. The van der Waals surface area contributed by atoms with E-state index in [0.717, 1.165) is 29.8 Å². The van der Waals surface area contributed by atoms with Crippen LogP contribution in [0.3, 0.4) is 0 Å². The first-order valence-electron chi connectivity index (χ1n) is 5.50. The largest absolute Gasteiger partial charge is 0.395 e. The van der Waals surface area contributed by atoms with E-state index < -0.39 is 0 Å². The van der Waals surface area contributed by atoms with Crippen LogP contribution in [0.15, 0.2) is 24.3 Å². The van der Waals surface area contributed by atoms with E-state index in [1.54, 1.807) is 11.3 Å². The zero-order valence-corrected chi connectivity index (χ0v) is 9.91. The lowest BCUT2D eigenvalue weighted by molar-refractivity contribution is 0.258. The average molecular weight is 236 g/mol. The maximum atomic E-state index is 8.81. The van der Waals surface area contributed by atoms with Gasteiger partial charge in [0, 0.05) is 6.04 Å². The molecule has 0 saturated heterocycles. The Hall–Kier alpha value is -0.970. The molecule has 16 heavy (non-hydrogen) atoms. The summed E-state index contributed by atoms with van der Waals surface area (Å²) in [6.45, 7) is 0.0693. The van der Waals surface area contributed by atoms with Crippen LogP contribution in [0.2, 0.25) is 0 Å². The Bertz CT molecular complexity index is 422. The molecular formula is C12H16N2OS. The lowest BCUT2D eigenvalue weighted by Gasteiger charge is -2.05. The molecule has 2 aromatic rings. The summed E-state index contributed by atoms with van der Waals surface area (Å²) in [7, 11) is 0. The molecule has 1 aromatic carbocycles. The lowest BCUT2D eigenvalue weighted by Crippen LogP contribution is -2.24. The minimum Gasteiger partial charge on any atom is -0.395 e. The monoisotopic (exact) mass is 236 g/mol. The molecule has 0 aliphatic heterocycles. The molecule has 1 aromatic heterocycles. The van der Waals surface area contributed by atoms with Crippen LogP contribution in [0.5, 0.6) is 0 Å². The van der Waals surface area contributed by atoms with Crippen molar-refractivity contribution in [3.05, 3.63) is 29.3 Å². The highest BCUT2D eigenvalue weighted by atomic mass is 32.1. The van der Waals surface area contributed by atoms with Crippen LogP contribution in [0.1, 0.15) is 17.8 Å². The van der Waals surface area contributed by atoms with Gasteiger partial charge in [0.1, 0.15) is 0 Å². The highest BCUT2D eigenvalue weighted by Crippen LogP contribution is 2.22. The van der Waals surface area contributed by atoms with Gasteiger partial charge in [0.25, 0.3) is 0 Å². The van der Waals surface area contributed by atoms with Gasteiger partial charge in [-0.15, -0.1) is 11.3 Å². The zero-order valence-electron chi connectivity index (χ0n) is 9.10. The second-order valence-electron chi connectivity index (χ2n) is 3.91. The Morgan fingerprint density at radius 2 is 2.19 bits per heavy atom. The van der Waals surface area contributed by atoms with E-state index in [1.165, 1.54) is 4.70 Å². The first kappa shape index (κ1) is 11.5. The number of fused-ring (bicyclic) bond motifs is 1. The van der Waals surface area contributed by atoms with Gasteiger partial charge in [0.2, 0.25) is 0 Å². The number of nitrogens with two attached hydrogens (primary N) is 1. The third-order valence-electron chi connectivity index (χ3n) is 2.54. The van der Waals surface area contributed by atoms with E-state index >= 15 is 0 Å². The van der Waals surface area contributed by atoms with Gasteiger partial charge in [-0.1, -0.05) is 12.1 Å². The topological polar surface area (TPSA) is 59.1 Å². The smallest absolute Gasteiger partial charge is 0.0938 e. The summed E-state index contributed by atoms with van der Waals surface area (Å²) in [6.07, 6.45) is 2.79. The Labute approximate surface area is 98.9 Å². The second kappa shape index (κ2) is 5.39. The van der Waals surface area contributed by atoms with Crippen molar-refractivity contribution in [3.63, 3.8) is 0 Å². The van der Waals surface area contributed by atoms with E-state index in [-0.39, 0.29) is 12.6 Å². The third-order valence-corrected chi connectivity index (χ3v) is 3.63. The number of aliphatic hydroxyl groups excluding tert-OH is 1. The van der Waals surface area contributed by atoms with Crippen LogP contribution in [0, 0.1) is 0 Å². The second-order valence-corrected chi connectivity index (χ2v) is 5.03. The molecule has 0 aliphatic carbocycles. The van der Waals surface area contributed by atoms with E-state index in [2.05, 4.69) is 11.1 Å². The maximum Gasteiger partial charge on any atom is 0.0938 e. The van der Waals surface area contributed by atoms with E-state index in [0.29, 0.717) is 0 Å². The van der Waals surface area contributed by atoms with Crippen LogP contribution in [0.4, 0.5) is 0 Å². The molecule has 0 saturated carbocycles. The highest BCUT2D eigenvalue weighted by molar-refractivity contribution is 7.18. The van der Waals surface area contributed by atoms with Crippen molar-refractivity contribution in [2.45, 2.75) is 25.3 Å². The average Bonchev–Trinajstić information content (AvgIpc) is 2.71. The van der Waals surface area contributed by atoms with E-state index in [9.17, 15) is 0 Å². The van der Waals surface area contributed by atoms with Gasteiger partial charge in [-0.05, 0) is 31.4 Å². The third kappa shape index (κ3) is 2.78. The fraction of sp³-hybridized carbons (Fsp3) is 0.417. The van der Waals surface area contributed by atoms with Gasteiger partial charge in [-0.3, -0.25) is 0 Å². The summed E-state index contributed by atoms with van der Waals surface area (Å²) in [6, 6.07) is 8.08. The number of para-hydroxylation sites is 1. The highest BCUT2D eigenvalue weighted by Gasteiger charge is 2.04. The van der Waals surface area contributed by atoms with Crippen molar-refractivity contribution >= 4 is 21.6 Å². The standard InChI is InChI=1S/C12H16N2OS/c13-9(8-15)4-3-7-12-14-10-5-1-2-6-11(10)16-12/h1-2,5-6,9,15H,3-4,7-8,13H2. The minimum atomic E-state index is -0.0885. The number of benzene rings is 1. The predicted molar refractivity (Wildman–Crippen MR) is 67.6 cm³/mol. The van der Waals surface area contributed by atoms with Crippen LogP contribution in [0.25, 0.3) is 10.2 Å². The molecule has 0 spiro atoms. The van der Waals surface area contributed by atoms with Crippen LogP contribution >= 0.6 is 11.3 Å². The van der Waals surface area contributed by atoms with Gasteiger partial charge in [0.05, 0.1) is 21.8 Å². The SMILES string of the molecule is NC(CO)CCCc1nc2ccccc2s1. The first-order valence-corrected chi connectivity index (χ1v) is 6.32. The van der Waals surface area contributed by atoms with Crippen LogP contribution < -0.4 is 5.73 Å². The number of aliphatic hydroxyl groups is 1. The summed E-state index contributed by atoms with van der Waals surface area (Å²) in [5.41, 5.74) is 6.72. The number of hydrogen-bond acceptors (Lipinski definition) is 4. The molecule has 1 unspecified atom stereocenters. The van der Waals surface area contributed by atoms with Crippen molar-refractivity contribution in [2.24, 2.45) is 5.73 Å². The number of thiazole rings is 1. The number of aryl methyl sites for hydroxylation is 1. The molecule has 4 heteroatoms. The quantitative estimate of drug-likeness (QED) is 0.834. The lowest BCUT2D eigenvalue weighted by atomic mass is 10.1. The van der Waals surface area contributed by atoms with Crippen molar-refractivity contribution in [3.8, 4) is 0 Å². The normalized spacial score (nSPS) is 13.1. The molecule has 0 fully saturated rings. The molecular weight excluding hydrogens is 220 g/mol. The van der Waals surface area contributed by atoms with Crippen molar-refractivity contribution in [2.75, 3.05) is 6.61 Å². The molecule has 2 rings (SSSR count). The molecule has 0 aliphatic rings. The summed E-state index contributed by atoms with van der Waals surface area (Å²) in [5, 5.41) is 9.97. The molecule has 86 valence electrons. The number of nitrogens with zero attached hydrogens (tertiary/aromatic N) is 1. The molecule has 3 nitrogen and oxygen atoms in total. The fourth-order valence-corrected chi connectivity index (χ4v) is 2.64. The maximum absolute atomic E-state index is 8.81. The molecule has 0 radical (unpaired) electrons. The van der Waals surface area contributed by atoms with Gasteiger partial charge in [-0.25, -0.2) is 4.98 Å². The Balaban J connectivity index is 1.94. The zero-order chi connectivity index (χ0) is 11.4. The van der Waals surface area contributed by atoms with Crippen molar-refractivity contribution < 1.29 is 5.11 Å². The first-order chi connectivity index (χ1) is 7.79. The Morgan fingerprint density at radius 1 is 1.38 bits per heavy atom. The Morgan fingerprint density at radius 3 is 2.94 bits per heavy atom. The molecule has 1 heterocycles. The van der Waals surface area contributed by atoms with Crippen LogP contribution in [-0.4, -0.2) is 22.7 Å². The molecule has 1 atom stereocenters. The van der Waals surface area contributed by atoms with E-state index in [4.69, 9.17) is 10.8 Å². The van der Waals surface area contributed by atoms with Crippen molar-refractivity contribution in [1.82, 2.24) is 4.98 Å². The molecule has 0 bridgehead atoms. The summed E-state index contributed by atoms with van der Waals surface area (Å²) < 4.78 is 1.24. The van der Waals surface area contributed by atoms with Gasteiger partial charge >= 0.3 is 0 Å². The minimum absolute atomic E-state index is 0.0693. The van der Waals surface area contributed by atoms with Gasteiger partial charge in [0.15, 0.2) is 0 Å². The van der Waals surface area contributed by atoms with Crippen LogP contribution in [-0.2, 0) is 6.42 Å². The van der Waals surface area contributed by atoms with E-state index in [1.807, 2.05) is 18.2 Å². The number of hydrogen-bond donors (Lipinski definition) is 2. The van der Waals surface area contributed by atoms with Gasteiger partial charge < -0.3 is 10.8 Å². The predicted octanol–water partition coefficient (Wildman–Crippen LogP) is 1.94. The summed E-state index contributed by atoms with van der Waals surface area (Å²) >= 11 is 1.74. The summed E-state index contributed by atoms with van der Waals surface area (Å²) in [4.78, 5) is 4.55.